The van der Waals surface area contributed by atoms with Crippen LogP contribution in [0, 0.1) is 0 Å². The van der Waals surface area contributed by atoms with Crippen LogP contribution < -0.4 is 5.14 Å². The molecule has 0 spiro atoms. The molecule has 2 N–H and O–H groups in total. The van der Waals surface area contributed by atoms with Crippen molar-refractivity contribution in [3.05, 3.63) is 30.1 Å². The number of hydrogen-bond donors (Lipinski definition) is 1. The predicted octanol–water partition coefficient (Wildman–Crippen LogP) is 2.22. The molecule has 1 aromatic carbocycles. The smallest absolute Gasteiger partial charge is 0.238 e. The van der Waals surface area contributed by atoms with Gasteiger partial charge in [0, 0.05) is 19.5 Å². The molecule has 10 heteroatoms. The maximum Gasteiger partial charge on any atom is 0.238 e. The summed E-state index contributed by atoms with van der Waals surface area (Å²) in [6.07, 6.45) is 8.71. The summed E-state index contributed by atoms with van der Waals surface area (Å²) in [5, 5.41) is 17.0. The zero-order chi connectivity index (χ0) is 20.1. The van der Waals surface area contributed by atoms with Gasteiger partial charge in [-0.2, -0.15) is 4.68 Å². The first-order valence-electron chi connectivity index (χ1n) is 9.52. The van der Waals surface area contributed by atoms with E-state index in [2.05, 4.69) is 27.5 Å². The molecule has 1 fully saturated rings. The molecule has 2 aromatic rings. The molecule has 0 amide bonds. The molecule has 28 heavy (non-hydrogen) atoms. The van der Waals surface area contributed by atoms with Gasteiger partial charge in [-0.05, 0) is 60.4 Å². The van der Waals surface area contributed by atoms with Crippen molar-refractivity contribution in [3.63, 3.8) is 0 Å². The average Bonchev–Trinajstić information content (AvgIpc) is 3.16. The lowest BCUT2D eigenvalue weighted by atomic mass is 9.94. The molecule has 0 atom stereocenters. The number of rotatable bonds is 7. The molecule has 0 unspecified atom stereocenters. The normalized spacial score (nSPS) is 15.5. The maximum atomic E-state index is 11.4. The second-order valence-corrected chi connectivity index (χ2v) is 9.23. The number of nitrogens with two attached hydrogens (primary N) is 1. The Labute approximate surface area is 171 Å². The number of primary sulfonamides is 1. The molecule has 0 bridgehead atoms. The Morgan fingerprint density at radius 2 is 1.93 bits per heavy atom. The fourth-order valence-electron chi connectivity index (χ4n) is 3.59. The summed E-state index contributed by atoms with van der Waals surface area (Å²) in [5.41, 5.74) is 0.689. The van der Waals surface area contributed by atoms with Gasteiger partial charge in [-0.15, -0.1) is 5.10 Å². The summed E-state index contributed by atoms with van der Waals surface area (Å²) in [4.78, 5) is 3.31. The van der Waals surface area contributed by atoms with Crippen molar-refractivity contribution in [2.75, 3.05) is 7.05 Å². The van der Waals surface area contributed by atoms with Crippen LogP contribution in [0.15, 0.2) is 29.2 Å². The quantitative estimate of drug-likeness (QED) is 0.682. The van der Waals surface area contributed by atoms with Gasteiger partial charge in [0.05, 0.1) is 15.6 Å². The minimum absolute atomic E-state index is 0.0574. The third kappa shape index (κ3) is 5.12. The summed E-state index contributed by atoms with van der Waals surface area (Å²) in [6, 6.07) is 6.75. The van der Waals surface area contributed by atoms with Crippen molar-refractivity contribution in [1.29, 1.82) is 0 Å². The molecule has 152 valence electrons. The van der Waals surface area contributed by atoms with E-state index in [1.807, 2.05) is 0 Å². The Hall–Kier alpha value is -1.91. The second kappa shape index (κ2) is 9.06. The Bertz CT molecular complexity index is 904. The Balaban J connectivity index is 1.58. The van der Waals surface area contributed by atoms with Crippen molar-refractivity contribution in [3.8, 4) is 5.69 Å². The van der Waals surface area contributed by atoms with Crippen molar-refractivity contribution in [1.82, 2.24) is 25.1 Å². The van der Waals surface area contributed by atoms with E-state index in [1.54, 1.807) is 16.8 Å². The fourth-order valence-corrected chi connectivity index (χ4v) is 4.39. The number of hydrogen-bond acceptors (Lipinski definition) is 6. The van der Waals surface area contributed by atoms with E-state index in [-0.39, 0.29) is 4.90 Å². The van der Waals surface area contributed by atoms with Crippen LogP contribution in [0.2, 0.25) is 0 Å². The first-order valence-corrected chi connectivity index (χ1v) is 11.5. The molecule has 3 rings (SSSR count). The van der Waals surface area contributed by atoms with E-state index in [0.29, 0.717) is 24.0 Å². The van der Waals surface area contributed by atoms with E-state index in [4.69, 9.17) is 17.4 Å². The van der Waals surface area contributed by atoms with Crippen molar-refractivity contribution in [2.24, 2.45) is 5.14 Å². The van der Waals surface area contributed by atoms with E-state index >= 15 is 0 Å². The van der Waals surface area contributed by atoms with E-state index in [1.165, 1.54) is 44.2 Å². The summed E-state index contributed by atoms with van der Waals surface area (Å²) < 4.78 is 24.4. The number of benzene rings is 1. The molecule has 1 aromatic heterocycles. The summed E-state index contributed by atoms with van der Waals surface area (Å²) in [5.74, 6) is 0.714. The molecule has 1 aliphatic carbocycles. The zero-order valence-corrected chi connectivity index (χ0v) is 17.6. The minimum atomic E-state index is -3.72. The van der Waals surface area contributed by atoms with Gasteiger partial charge in [0.2, 0.25) is 10.0 Å². The molecule has 8 nitrogen and oxygen atoms in total. The average molecular weight is 423 g/mol. The zero-order valence-electron chi connectivity index (χ0n) is 16.0. The van der Waals surface area contributed by atoms with Crippen LogP contribution in [0.5, 0.6) is 0 Å². The van der Waals surface area contributed by atoms with Gasteiger partial charge in [-0.25, -0.2) is 13.6 Å². The first kappa shape index (κ1) is 20.8. The van der Waals surface area contributed by atoms with Gasteiger partial charge in [0.15, 0.2) is 5.82 Å². The molecule has 0 saturated heterocycles. The van der Waals surface area contributed by atoms with Crippen LogP contribution in [-0.2, 0) is 16.4 Å². The van der Waals surface area contributed by atoms with Crippen LogP contribution in [0.1, 0.15) is 50.8 Å². The second-order valence-electron chi connectivity index (χ2n) is 7.20. The number of tetrazole rings is 1. The summed E-state index contributed by atoms with van der Waals surface area (Å²) in [7, 11) is -1.61. The number of thiocarbonyl (C=S) groups is 1. The lowest BCUT2D eigenvalue weighted by molar-refractivity contribution is 0.278. The monoisotopic (exact) mass is 422 g/mol. The van der Waals surface area contributed by atoms with Gasteiger partial charge in [0.25, 0.3) is 0 Å². The third-order valence-corrected chi connectivity index (χ3v) is 6.67. The van der Waals surface area contributed by atoms with E-state index < -0.39 is 10.0 Å². The molecule has 1 saturated carbocycles. The number of aromatic nitrogens is 4. The van der Waals surface area contributed by atoms with Crippen molar-refractivity contribution in [2.45, 2.75) is 62.3 Å². The first-order chi connectivity index (χ1) is 13.4. The highest BCUT2D eigenvalue weighted by Gasteiger charge is 2.20. The van der Waals surface area contributed by atoms with Gasteiger partial charge in [0.1, 0.15) is 0 Å². The van der Waals surface area contributed by atoms with E-state index in [9.17, 15) is 8.42 Å². The van der Waals surface area contributed by atoms with Crippen LogP contribution >= 0.6 is 12.2 Å². The maximum absolute atomic E-state index is 11.4. The van der Waals surface area contributed by atoms with Crippen molar-refractivity contribution < 1.29 is 8.42 Å². The lowest BCUT2D eigenvalue weighted by Gasteiger charge is -2.33. The van der Waals surface area contributed by atoms with Crippen LogP contribution in [0.4, 0.5) is 0 Å². The van der Waals surface area contributed by atoms with E-state index in [0.717, 1.165) is 17.8 Å². The Kier molecular flexibility index (Phi) is 6.73. The summed E-state index contributed by atoms with van der Waals surface area (Å²) in [6.45, 7) is 0. The van der Waals surface area contributed by atoms with Gasteiger partial charge in [-0.1, -0.05) is 31.5 Å². The number of nitrogens with zero attached hydrogens (tertiary/aromatic N) is 5. The highest BCUT2D eigenvalue weighted by Crippen LogP contribution is 2.23. The predicted molar refractivity (Wildman–Crippen MR) is 111 cm³/mol. The molecular formula is C18H26N6O2S2. The topological polar surface area (TPSA) is 107 Å². The highest BCUT2D eigenvalue weighted by molar-refractivity contribution is 7.89. The fraction of sp³-hybridized carbons (Fsp3) is 0.556. The summed E-state index contributed by atoms with van der Waals surface area (Å²) >= 11 is 5.63. The lowest BCUT2D eigenvalue weighted by Crippen LogP contribution is -2.37. The molecule has 0 radical (unpaired) electrons. The van der Waals surface area contributed by atoms with Crippen molar-refractivity contribution >= 4 is 27.2 Å². The molecule has 1 aliphatic rings. The number of sulfonamides is 1. The van der Waals surface area contributed by atoms with Crippen LogP contribution in [-0.4, -0.2) is 51.6 Å². The molecule has 1 heterocycles. The molecule has 0 aliphatic heterocycles. The van der Waals surface area contributed by atoms with Crippen LogP contribution in [0.25, 0.3) is 5.69 Å². The largest absolute Gasteiger partial charge is 0.366 e. The van der Waals surface area contributed by atoms with Gasteiger partial charge >= 0.3 is 0 Å². The SMILES string of the molecule is CN(C(=S)CCCc1nnnn1-c1ccc(S(N)(=O)=O)cc1)C1CCCCC1. The standard InChI is InChI=1S/C18H26N6O2S2/c1-23(14-6-3-2-4-7-14)18(27)9-5-8-17-20-21-22-24(17)15-10-12-16(13-11-15)28(19,25)26/h10-14H,2-9H2,1H3,(H2,19,25,26). The van der Waals surface area contributed by atoms with Gasteiger partial charge < -0.3 is 4.90 Å². The molecular weight excluding hydrogens is 396 g/mol. The third-order valence-electron chi connectivity index (χ3n) is 5.25. The van der Waals surface area contributed by atoms with Gasteiger partial charge in [-0.3, -0.25) is 0 Å². The number of aryl methyl sites for hydroxylation is 1. The van der Waals surface area contributed by atoms with Crippen LogP contribution in [0.3, 0.4) is 0 Å². The Morgan fingerprint density at radius 3 is 2.57 bits per heavy atom. The minimum Gasteiger partial charge on any atom is -0.366 e. The Morgan fingerprint density at radius 1 is 1.25 bits per heavy atom. The highest BCUT2D eigenvalue weighted by atomic mass is 32.2.